The number of carbonyl (C=O) groups is 2. The van der Waals surface area contributed by atoms with Crippen LogP contribution in [0.3, 0.4) is 0 Å². The molecule has 2 unspecified atom stereocenters. The number of fused-ring (bicyclic) bond motifs is 2. The zero-order chi connectivity index (χ0) is 25.5. The molecular weight excluding hydrogens is 491 g/mol. The van der Waals surface area contributed by atoms with Crippen LogP contribution in [0.4, 0.5) is 29.7 Å². The number of carboxylic acids is 1. The topological polar surface area (TPSA) is 139 Å². The first-order chi connectivity index (χ1) is 16.4. The normalized spacial score (nSPS) is 18.1. The van der Waals surface area contributed by atoms with E-state index in [9.17, 15) is 27.9 Å². The molecule has 2 aromatic carbocycles. The van der Waals surface area contributed by atoms with Gasteiger partial charge in [-0.25, -0.2) is 9.78 Å². The van der Waals surface area contributed by atoms with Crippen LogP contribution in [0.2, 0.25) is 0 Å². The molecule has 0 radical (unpaired) electrons. The molecule has 2 heterocycles. The number of alkyl halides is 3. The Morgan fingerprint density at radius 2 is 2.06 bits per heavy atom. The van der Waals surface area contributed by atoms with Gasteiger partial charge in [0.2, 0.25) is 5.79 Å². The Morgan fingerprint density at radius 1 is 1.31 bits per heavy atom. The number of hydrogen-bond acceptors (Lipinski definition) is 9. The molecule has 0 saturated carbocycles. The highest BCUT2D eigenvalue weighted by atomic mass is 32.1. The number of rotatable bonds is 8. The Bertz CT molecular complexity index is 1300. The summed E-state index contributed by atoms with van der Waals surface area (Å²) in [5.41, 5.74) is 7.02. The molecule has 3 aromatic rings. The predicted octanol–water partition coefficient (Wildman–Crippen LogP) is 3.41. The summed E-state index contributed by atoms with van der Waals surface area (Å²) in [7, 11) is 1.64. The molecule has 1 aliphatic heterocycles. The number of nitrogens with one attached hydrogen (secondary N) is 2. The van der Waals surface area contributed by atoms with Gasteiger partial charge in [-0.15, -0.1) is 13.2 Å². The lowest BCUT2D eigenvalue weighted by atomic mass is 10.1. The van der Waals surface area contributed by atoms with Crippen molar-refractivity contribution >= 4 is 49.9 Å². The summed E-state index contributed by atoms with van der Waals surface area (Å²) in [5.74, 6) is -3.88. The number of aromatic carboxylic acids is 1. The van der Waals surface area contributed by atoms with Crippen LogP contribution in [0.5, 0.6) is 5.75 Å². The van der Waals surface area contributed by atoms with E-state index in [2.05, 4.69) is 20.4 Å². The second kappa shape index (κ2) is 8.78. The zero-order valence-corrected chi connectivity index (χ0v) is 19.2. The average molecular weight is 511 g/mol. The van der Waals surface area contributed by atoms with Crippen molar-refractivity contribution in [3.05, 3.63) is 42.0 Å². The van der Waals surface area contributed by atoms with Crippen molar-refractivity contribution in [3.63, 3.8) is 0 Å². The maximum atomic E-state index is 12.6. The minimum atomic E-state index is -4.84. The summed E-state index contributed by atoms with van der Waals surface area (Å²) in [5, 5.41) is 15.8. The summed E-state index contributed by atoms with van der Waals surface area (Å²) >= 11 is 1.02. The minimum Gasteiger partial charge on any atom is -0.478 e. The van der Waals surface area contributed by atoms with Crippen LogP contribution < -0.4 is 26.0 Å². The van der Waals surface area contributed by atoms with Crippen LogP contribution in [0.25, 0.3) is 10.2 Å². The number of carbonyl (C=O) groups excluding carboxylic acids is 1. The number of primary amides is 1. The Hall–Kier alpha value is -3.78. The van der Waals surface area contributed by atoms with Gasteiger partial charge < -0.3 is 35.8 Å². The lowest BCUT2D eigenvalue weighted by Gasteiger charge is -2.42. The SMILES string of the molecule is CCOC(C(N)=O)C1(Nc2nc3ccc(OC(F)(F)F)cc3s2)Nc2cc(C(=O)O)ccc2N1C. The molecule has 1 aliphatic rings. The first-order valence-corrected chi connectivity index (χ1v) is 11.0. The molecule has 0 fully saturated rings. The van der Waals surface area contributed by atoms with Gasteiger partial charge in [0.1, 0.15) is 5.75 Å². The van der Waals surface area contributed by atoms with Gasteiger partial charge >= 0.3 is 12.3 Å². The number of benzene rings is 2. The van der Waals surface area contributed by atoms with Crippen LogP contribution >= 0.6 is 11.3 Å². The van der Waals surface area contributed by atoms with Gasteiger partial charge in [0.15, 0.2) is 11.2 Å². The number of halogens is 3. The van der Waals surface area contributed by atoms with Crippen molar-refractivity contribution in [1.82, 2.24) is 4.98 Å². The maximum absolute atomic E-state index is 12.6. The number of thiazole rings is 1. The highest BCUT2D eigenvalue weighted by molar-refractivity contribution is 7.22. The zero-order valence-electron chi connectivity index (χ0n) is 18.3. The molecular formula is C21H20F3N5O5S. The summed E-state index contributed by atoms with van der Waals surface area (Å²) in [4.78, 5) is 29.9. The second-order valence-corrected chi connectivity index (χ2v) is 8.58. The molecule has 10 nitrogen and oxygen atoms in total. The number of anilines is 3. The molecule has 186 valence electrons. The quantitative estimate of drug-likeness (QED) is 0.358. The number of hydrogen-bond donors (Lipinski definition) is 4. The lowest BCUT2D eigenvalue weighted by Crippen LogP contribution is -2.67. The fraction of sp³-hybridized carbons (Fsp3) is 0.286. The molecule has 14 heteroatoms. The van der Waals surface area contributed by atoms with Crippen LogP contribution in [0.1, 0.15) is 17.3 Å². The van der Waals surface area contributed by atoms with Gasteiger partial charge in [-0.05, 0) is 37.3 Å². The standard InChI is InChI=1S/C21H20F3N5O5S/c1-3-33-16(17(25)30)20(27-13-8-10(18(31)32)4-7-14(13)29(20)2)28-19-26-12-6-5-11(9-15(12)35-19)34-21(22,23)24/h4-9,16,27H,3H2,1-2H3,(H2,25,30)(H,26,28)(H,31,32). The van der Waals surface area contributed by atoms with E-state index in [0.29, 0.717) is 21.6 Å². The molecule has 0 saturated heterocycles. The molecule has 5 N–H and O–H groups in total. The number of likely N-dealkylation sites (N-methyl/N-ethyl adjacent to an activating group) is 1. The van der Waals surface area contributed by atoms with E-state index >= 15 is 0 Å². The summed E-state index contributed by atoms with van der Waals surface area (Å²) < 4.78 is 47.8. The van der Waals surface area contributed by atoms with Crippen molar-refractivity contribution < 1.29 is 37.3 Å². The molecule has 4 rings (SSSR count). The second-order valence-electron chi connectivity index (χ2n) is 7.55. The molecule has 1 aromatic heterocycles. The lowest BCUT2D eigenvalue weighted by molar-refractivity contribution is -0.274. The Balaban J connectivity index is 1.76. The fourth-order valence-electron chi connectivity index (χ4n) is 3.86. The third-order valence-corrected chi connectivity index (χ3v) is 6.25. The van der Waals surface area contributed by atoms with E-state index < -0.39 is 35.9 Å². The van der Waals surface area contributed by atoms with Crippen molar-refractivity contribution in [2.75, 3.05) is 29.2 Å². The number of nitrogens with zero attached hydrogens (tertiary/aromatic N) is 2. The van der Waals surface area contributed by atoms with Gasteiger partial charge in [-0.3, -0.25) is 4.79 Å². The number of ether oxygens (including phenoxy) is 2. The number of nitrogens with two attached hydrogens (primary N) is 1. The van der Waals surface area contributed by atoms with Gasteiger partial charge in [0, 0.05) is 19.7 Å². The number of aromatic nitrogens is 1. The Kier molecular flexibility index (Phi) is 6.11. The van der Waals surface area contributed by atoms with E-state index in [1.807, 2.05) is 0 Å². The van der Waals surface area contributed by atoms with E-state index in [1.165, 1.54) is 24.3 Å². The molecule has 0 bridgehead atoms. The molecule has 2 atom stereocenters. The minimum absolute atomic E-state index is 0.0182. The smallest absolute Gasteiger partial charge is 0.478 e. The van der Waals surface area contributed by atoms with Crippen LogP contribution in [0.15, 0.2) is 36.4 Å². The third-order valence-electron chi connectivity index (χ3n) is 5.32. The van der Waals surface area contributed by atoms with E-state index in [1.54, 1.807) is 24.9 Å². The van der Waals surface area contributed by atoms with E-state index in [4.69, 9.17) is 10.5 Å². The Morgan fingerprint density at radius 3 is 2.69 bits per heavy atom. The number of amides is 1. The highest BCUT2D eigenvalue weighted by Gasteiger charge is 2.52. The highest BCUT2D eigenvalue weighted by Crippen LogP contribution is 2.43. The molecule has 0 aliphatic carbocycles. The van der Waals surface area contributed by atoms with Crippen LogP contribution in [-0.4, -0.2) is 53.9 Å². The first kappa shape index (κ1) is 24.3. The van der Waals surface area contributed by atoms with Crippen molar-refractivity contribution in [1.29, 1.82) is 0 Å². The van der Waals surface area contributed by atoms with Crippen molar-refractivity contribution in [3.8, 4) is 5.75 Å². The Labute approximate surface area is 200 Å². The summed E-state index contributed by atoms with van der Waals surface area (Å²) in [6.45, 7) is 1.80. The summed E-state index contributed by atoms with van der Waals surface area (Å²) in [6, 6.07) is 8.10. The van der Waals surface area contributed by atoms with Crippen molar-refractivity contribution in [2.24, 2.45) is 5.73 Å². The average Bonchev–Trinajstić information content (AvgIpc) is 3.28. The van der Waals surface area contributed by atoms with Gasteiger partial charge in [-0.2, -0.15) is 0 Å². The van der Waals surface area contributed by atoms with Gasteiger partial charge in [0.25, 0.3) is 5.91 Å². The molecule has 0 spiro atoms. The maximum Gasteiger partial charge on any atom is 0.573 e. The van der Waals surface area contributed by atoms with Gasteiger partial charge in [0.05, 0.1) is 27.2 Å². The van der Waals surface area contributed by atoms with Gasteiger partial charge in [-0.1, -0.05) is 11.3 Å². The van der Waals surface area contributed by atoms with Crippen LogP contribution in [-0.2, 0) is 9.53 Å². The van der Waals surface area contributed by atoms with Crippen molar-refractivity contribution in [2.45, 2.75) is 25.2 Å². The number of carboxylic acid groups (broad SMARTS) is 1. The summed E-state index contributed by atoms with van der Waals surface area (Å²) in [6.07, 6.45) is -6.12. The monoisotopic (exact) mass is 511 g/mol. The largest absolute Gasteiger partial charge is 0.573 e. The van der Waals surface area contributed by atoms with Crippen LogP contribution in [0, 0.1) is 0 Å². The first-order valence-electron chi connectivity index (χ1n) is 10.2. The third kappa shape index (κ3) is 4.61. The van der Waals surface area contributed by atoms with E-state index in [-0.39, 0.29) is 17.3 Å². The van der Waals surface area contributed by atoms with E-state index in [0.717, 1.165) is 17.4 Å². The molecule has 1 amide bonds. The predicted molar refractivity (Wildman–Crippen MR) is 123 cm³/mol. The fourth-order valence-corrected chi connectivity index (χ4v) is 4.81. The molecule has 35 heavy (non-hydrogen) atoms.